The van der Waals surface area contributed by atoms with Crippen LogP contribution in [0.4, 0.5) is 0 Å². The second-order valence-electron chi connectivity index (χ2n) is 5.63. The number of hydrogen-bond acceptors (Lipinski definition) is 3. The minimum absolute atomic E-state index is 0.0746. The Kier molecular flexibility index (Phi) is 7.44. The highest BCUT2D eigenvalue weighted by atomic mass is 35.5. The fraction of sp³-hybridized carbons (Fsp3) is 0.278. The predicted molar refractivity (Wildman–Crippen MR) is 106 cm³/mol. The summed E-state index contributed by atoms with van der Waals surface area (Å²) in [7, 11) is -1.92. The van der Waals surface area contributed by atoms with E-state index in [1.807, 2.05) is 37.3 Å². The quantitative estimate of drug-likeness (QED) is 0.383. The van der Waals surface area contributed by atoms with Gasteiger partial charge in [-0.25, -0.2) is 13.1 Å². The molecule has 0 heterocycles. The average Bonchev–Trinajstić information content (AvgIpc) is 2.64. The van der Waals surface area contributed by atoms with Gasteiger partial charge in [-0.15, -0.1) is 0 Å². The lowest BCUT2D eigenvalue weighted by Gasteiger charge is -2.18. The van der Waals surface area contributed by atoms with E-state index in [0.29, 0.717) is 17.5 Å². The monoisotopic (exact) mass is 394 g/mol. The normalized spacial score (nSPS) is 13.3. The van der Waals surface area contributed by atoms with Gasteiger partial charge in [-0.1, -0.05) is 48.0 Å². The highest BCUT2D eigenvalue weighted by Crippen LogP contribution is 2.15. The summed E-state index contributed by atoms with van der Waals surface area (Å²) in [5.41, 5.74) is 1.14. The smallest absolute Gasteiger partial charge is 0.240 e. The highest BCUT2D eigenvalue weighted by molar-refractivity contribution is 7.89. The van der Waals surface area contributed by atoms with Crippen LogP contribution in [0.25, 0.3) is 0 Å². The number of rotatable bonds is 7. The molecular formula is C18H23ClN4O2S. The van der Waals surface area contributed by atoms with Crippen molar-refractivity contribution < 1.29 is 8.42 Å². The van der Waals surface area contributed by atoms with Crippen molar-refractivity contribution in [3.8, 4) is 0 Å². The molecule has 0 fully saturated rings. The molecule has 3 N–H and O–H groups in total. The van der Waals surface area contributed by atoms with Gasteiger partial charge in [0.05, 0.1) is 10.9 Å². The molecule has 0 aromatic heterocycles. The summed E-state index contributed by atoms with van der Waals surface area (Å²) in [6.45, 7) is 2.64. The summed E-state index contributed by atoms with van der Waals surface area (Å²) in [4.78, 5) is 4.30. The van der Waals surface area contributed by atoms with Crippen molar-refractivity contribution in [2.75, 3.05) is 20.1 Å². The maximum Gasteiger partial charge on any atom is 0.240 e. The molecule has 1 atom stereocenters. The van der Waals surface area contributed by atoms with Crippen molar-refractivity contribution in [2.24, 2.45) is 4.99 Å². The van der Waals surface area contributed by atoms with Gasteiger partial charge >= 0.3 is 0 Å². The van der Waals surface area contributed by atoms with Gasteiger partial charge in [-0.3, -0.25) is 4.99 Å². The van der Waals surface area contributed by atoms with Gasteiger partial charge in [0.1, 0.15) is 0 Å². The lowest BCUT2D eigenvalue weighted by atomic mass is 10.1. The van der Waals surface area contributed by atoms with Crippen molar-refractivity contribution in [2.45, 2.75) is 17.9 Å². The first-order chi connectivity index (χ1) is 12.4. The number of aliphatic imine (C=N–C) groups is 1. The molecule has 8 heteroatoms. The van der Waals surface area contributed by atoms with Crippen LogP contribution in [0.2, 0.25) is 5.02 Å². The molecule has 0 saturated carbocycles. The van der Waals surface area contributed by atoms with Crippen LogP contribution in [0, 0.1) is 0 Å². The topological polar surface area (TPSA) is 82.6 Å². The second-order valence-corrected chi connectivity index (χ2v) is 7.83. The van der Waals surface area contributed by atoms with Gasteiger partial charge in [-0.2, -0.15) is 0 Å². The molecule has 6 nitrogen and oxygen atoms in total. The van der Waals surface area contributed by atoms with Gasteiger partial charge in [0, 0.05) is 25.2 Å². The van der Waals surface area contributed by atoms with Gasteiger partial charge in [0.25, 0.3) is 0 Å². The first-order valence-electron chi connectivity index (χ1n) is 8.20. The van der Waals surface area contributed by atoms with Crippen molar-refractivity contribution in [1.82, 2.24) is 15.4 Å². The zero-order chi connectivity index (χ0) is 19.0. The fourth-order valence-electron chi connectivity index (χ4n) is 2.31. The van der Waals surface area contributed by atoms with Gasteiger partial charge < -0.3 is 10.6 Å². The van der Waals surface area contributed by atoms with E-state index in [0.717, 1.165) is 5.56 Å². The van der Waals surface area contributed by atoms with E-state index < -0.39 is 10.0 Å². The molecule has 2 aromatic rings. The Hall–Kier alpha value is -2.09. The average molecular weight is 395 g/mol. The lowest BCUT2D eigenvalue weighted by Crippen LogP contribution is -2.42. The summed E-state index contributed by atoms with van der Waals surface area (Å²) < 4.78 is 27.0. The Morgan fingerprint density at radius 3 is 2.50 bits per heavy atom. The molecule has 0 bridgehead atoms. The maximum atomic E-state index is 12.2. The molecule has 0 spiro atoms. The zero-order valence-electron chi connectivity index (χ0n) is 14.7. The molecule has 0 aliphatic heterocycles. The van der Waals surface area contributed by atoms with E-state index in [2.05, 4.69) is 20.3 Å². The van der Waals surface area contributed by atoms with Crippen LogP contribution in [-0.2, 0) is 10.0 Å². The van der Waals surface area contributed by atoms with Crippen LogP contribution in [0.5, 0.6) is 0 Å². The molecule has 1 unspecified atom stereocenters. The van der Waals surface area contributed by atoms with Gasteiger partial charge in [0.2, 0.25) is 10.0 Å². The molecular weight excluding hydrogens is 372 g/mol. The van der Waals surface area contributed by atoms with Crippen LogP contribution in [-0.4, -0.2) is 34.5 Å². The van der Waals surface area contributed by atoms with Crippen LogP contribution in [0.15, 0.2) is 64.5 Å². The van der Waals surface area contributed by atoms with E-state index in [1.165, 1.54) is 12.1 Å². The number of guanidine groups is 1. The Morgan fingerprint density at radius 2 is 1.85 bits per heavy atom. The van der Waals surface area contributed by atoms with Crippen molar-refractivity contribution in [3.63, 3.8) is 0 Å². The van der Waals surface area contributed by atoms with Crippen LogP contribution in [0.3, 0.4) is 0 Å². The summed E-state index contributed by atoms with van der Waals surface area (Å²) >= 11 is 5.84. The first-order valence-corrected chi connectivity index (χ1v) is 10.1. The van der Waals surface area contributed by atoms with E-state index in [-0.39, 0.29) is 17.5 Å². The van der Waals surface area contributed by atoms with E-state index >= 15 is 0 Å². The van der Waals surface area contributed by atoms with E-state index in [4.69, 9.17) is 11.6 Å². The van der Waals surface area contributed by atoms with Crippen LogP contribution >= 0.6 is 11.6 Å². The number of sulfonamides is 1. The summed E-state index contributed by atoms with van der Waals surface area (Å²) in [5.74, 6) is 0.600. The Labute approximate surface area is 159 Å². The van der Waals surface area contributed by atoms with E-state index in [9.17, 15) is 8.42 Å². The van der Waals surface area contributed by atoms with Crippen molar-refractivity contribution in [3.05, 3.63) is 65.2 Å². The van der Waals surface area contributed by atoms with Crippen molar-refractivity contribution >= 4 is 27.6 Å². The number of hydrogen-bond donors (Lipinski definition) is 3. The lowest BCUT2D eigenvalue weighted by molar-refractivity contribution is 0.580. The number of nitrogens with one attached hydrogen (secondary N) is 3. The third kappa shape index (κ3) is 6.01. The number of benzene rings is 2. The fourth-order valence-corrected chi connectivity index (χ4v) is 3.64. The number of halogens is 1. The summed E-state index contributed by atoms with van der Waals surface area (Å²) in [6, 6.07) is 16.2. The zero-order valence-corrected chi connectivity index (χ0v) is 16.3. The minimum atomic E-state index is -3.59. The second kappa shape index (κ2) is 9.56. The molecule has 0 aliphatic carbocycles. The summed E-state index contributed by atoms with van der Waals surface area (Å²) in [5, 5.41) is 6.74. The highest BCUT2D eigenvalue weighted by Gasteiger charge is 2.13. The SMILES string of the molecule is CN=C(NCCNS(=O)(=O)c1cccc(Cl)c1)NC(C)c1ccccc1. The molecule has 26 heavy (non-hydrogen) atoms. The molecule has 2 rings (SSSR count). The predicted octanol–water partition coefficient (Wildman–Crippen LogP) is 2.54. The van der Waals surface area contributed by atoms with Gasteiger partial charge in [0.15, 0.2) is 5.96 Å². The standard InChI is InChI=1S/C18H23ClN4O2S/c1-14(15-7-4-3-5-8-15)23-18(20-2)21-11-12-22-26(24,25)17-10-6-9-16(19)13-17/h3-10,13-14,22H,11-12H2,1-2H3,(H2,20,21,23). The minimum Gasteiger partial charge on any atom is -0.355 e. The third-order valence-corrected chi connectivity index (χ3v) is 5.39. The molecule has 0 saturated heterocycles. The third-order valence-electron chi connectivity index (χ3n) is 3.69. The molecule has 2 aromatic carbocycles. The molecule has 0 amide bonds. The summed E-state index contributed by atoms with van der Waals surface area (Å²) in [6.07, 6.45) is 0. The molecule has 0 radical (unpaired) electrons. The van der Waals surface area contributed by atoms with Crippen LogP contribution < -0.4 is 15.4 Å². The molecule has 140 valence electrons. The Bertz CT molecular complexity index is 841. The van der Waals surface area contributed by atoms with Crippen LogP contribution in [0.1, 0.15) is 18.5 Å². The Balaban J connectivity index is 1.82. The van der Waals surface area contributed by atoms with Crippen molar-refractivity contribution in [1.29, 1.82) is 0 Å². The Morgan fingerprint density at radius 1 is 1.12 bits per heavy atom. The van der Waals surface area contributed by atoms with Gasteiger partial charge in [-0.05, 0) is 30.7 Å². The van der Waals surface area contributed by atoms with E-state index in [1.54, 1.807) is 19.2 Å². The first kappa shape index (κ1) is 20.2. The molecule has 0 aliphatic rings. The largest absolute Gasteiger partial charge is 0.355 e. The maximum absolute atomic E-state index is 12.2. The number of nitrogens with zero attached hydrogens (tertiary/aromatic N) is 1.